The van der Waals surface area contributed by atoms with E-state index in [2.05, 4.69) is 10.5 Å². The Morgan fingerprint density at radius 2 is 1.76 bits per heavy atom. The number of hydrazone groups is 1. The minimum atomic E-state index is -0.482. The first-order valence-electron chi connectivity index (χ1n) is 8.57. The zero-order valence-electron chi connectivity index (χ0n) is 15.1. The number of amides is 1. The molecule has 0 radical (unpaired) electrons. The molecule has 0 heterocycles. The second-order valence-corrected chi connectivity index (χ2v) is 6.40. The van der Waals surface area contributed by atoms with Crippen LogP contribution in [0.3, 0.4) is 0 Å². The van der Waals surface area contributed by atoms with Gasteiger partial charge in [-0.3, -0.25) is 14.9 Å². The Labute approximate surface area is 171 Å². The molecule has 3 aromatic rings. The van der Waals surface area contributed by atoms with Crippen LogP contribution in [0.1, 0.15) is 21.5 Å². The van der Waals surface area contributed by atoms with Crippen molar-refractivity contribution in [2.75, 3.05) is 0 Å². The number of nitro benzene ring substituents is 1. The summed E-state index contributed by atoms with van der Waals surface area (Å²) in [5.41, 5.74) is 4.28. The van der Waals surface area contributed by atoms with E-state index in [4.69, 9.17) is 16.3 Å². The third-order valence-corrected chi connectivity index (χ3v) is 4.17. The predicted octanol–water partition coefficient (Wildman–Crippen LogP) is 4.59. The van der Waals surface area contributed by atoms with Crippen LogP contribution in [-0.4, -0.2) is 17.0 Å². The maximum absolute atomic E-state index is 12.4. The first kappa shape index (κ1) is 20.0. The average molecular weight is 410 g/mol. The summed E-state index contributed by atoms with van der Waals surface area (Å²) in [7, 11) is 0. The Hall–Kier alpha value is -3.71. The molecule has 0 spiro atoms. The number of nitrogens with one attached hydrogen (secondary N) is 1. The van der Waals surface area contributed by atoms with Crippen molar-refractivity contribution < 1.29 is 14.5 Å². The number of nitrogens with zero attached hydrogens (tertiary/aromatic N) is 2. The monoisotopic (exact) mass is 409 g/mol. The van der Waals surface area contributed by atoms with E-state index in [-0.39, 0.29) is 12.3 Å². The lowest BCUT2D eigenvalue weighted by Gasteiger charge is -2.10. The maximum atomic E-state index is 12.4. The lowest BCUT2D eigenvalue weighted by atomic mass is 10.2. The number of benzene rings is 3. The molecule has 0 aliphatic rings. The summed E-state index contributed by atoms with van der Waals surface area (Å²) in [5, 5.41) is 15.2. The highest BCUT2D eigenvalue weighted by Gasteiger charge is 2.11. The smallest absolute Gasteiger partial charge is 0.275 e. The highest BCUT2D eigenvalue weighted by atomic mass is 35.5. The van der Waals surface area contributed by atoms with Crippen LogP contribution >= 0.6 is 11.6 Å². The highest BCUT2D eigenvalue weighted by molar-refractivity contribution is 6.30. The van der Waals surface area contributed by atoms with E-state index in [0.717, 1.165) is 5.56 Å². The second kappa shape index (κ2) is 9.48. The van der Waals surface area contributed by atoms with E-state index >= 15 is 0 Å². The molecule has 0 saturated carbocycles. The first-order valence-corrected chi connectivity index (χ1v) is 8.95. The Kier molecular flexibility index (Phi) is 6.55. The van der Waals surface area contributed by atoms with Gasteiger partial charge in [-0.15, -0.1) is 0 Å². The molecule has 3 rings (SSSR count). The number of ether oxygens (including phenoxy) is 1. The van der Waals surface area contributed by atoms with Crippen molar-refractivity contribution in [3.8, 4) is 5.75 Å². The zero-order chi connectivity index (χ0) is 20.6. The van der Waals surface area contributed by atoms with Crippen molar-refractivity contribution in [2.24, 2.45) is 5.10 Å². The summed E-state index contributed by atoms with van der Waals surface area (Å²) in [6, 6.07) is 19.9. The van der Waals surface area contributed by atoms with E-state index in [1.54, 1.807) is 36.4 Å². The van der Waals surface area contributed by atoms with Gasteiger partial charge in [-0.2, -0.15) is 5.10 Å². The number of hydrogen-bond acceptors (Lipinski definition) is 5. The van der Waals surface area contributed by atoms with Gasteiger partial charge < -0.3 is 4.74 Å². The normalized spacial score (nSPS) is 10.7. The van der Waals surface area contributed by atoms with Gasteiger partial charge in [-0.1, -0.05) is 35.9 Å². The minimum Gasteiger partial charge on any atom is -0.488 e. The number of para-hydroxylation sites is 1. The van der Waals surface area contributed by atoms with Crippen molar-refractivity contribution in [2.45, 2.75) is 6.61 Å². The van der Waals surface area contributed by atoms with E-state index < -0.39 is 10.8 Å². The molecule has 0 aliphatic heterocycles. The van der Waals surface area contributed by atoms with Crippen LogP contribution < -0.4 is 10.2 Å². The average Bonchev–Trinajstić information content (AvgIpc) is 2.74. The standard InChI is InChI=1S/C21H16ClN3O4/c22-17-9-5-16(6-10-17)14-29-20-4-2-1-3-19(20)21(26)24-23-13-15-7-11-18(12-8-15)25(27)28/h1-13H,14H2,(H,24,26)/b23-13+. The Morgan fingerprint density at radius 1 is 1.07 bits per heavy atom. The molecule has 0 unspecified atom stereocenters. The number of halogens is 1. The molecule has 0 saturated heterocycles. The molecule has 8 heteroatoms. The molecule has 3 aromatic carbocycles. The van der Waals surface area contributed by atoms with Crippen LogP contribution in [0.25, 0.3) is 0 Å². The molecule has 1 N–H and O–H groups in total. The molecule has 0 aromatic heterocycles. The van der Waals surface area contributed by atoms with Gasteiger partial charge in [-0.25, -0.2) is 5.43 Å². The summed E-state index contributed by atoms with van der Waals surface area (Å²) in [6.07, 6.45) is 1.40. The molecule has 146 valence electrons. The van der Waals surface area contributed by atoms with Gasteiger partial charge in [0.25, 0.3) is 11.6 Å². The molecular formula is C21H16ClN3O4. The largest absolute Gasteiger partial charge is 0.488 e. The number of rotatable bonds is 7. The SMILES string of the molecule is O=C(N/N=C/c1ccc([N+](=O)[O-])cc1)c1ccccc1OCc1ccc(Cl)cc1. The fourth-order valence-corrected chi connectivity index (χ4v) is 2.56. The van der Waals surface area contributed by atoms with E-state index in [1.165, 1.54) is 30.5 Å². The lowest BCUT2D eigenvalue weighted by molar-refractivity contribution is -0.384. The lowest BCUT2D eigenvalue weighted by Crippen LogP contribution is -2.18. The first-order chi connectivity index (χ1) is 14.0. The number of carbonyl (C=O) groups excluding carboxylic acids is 1. The number of carbonyl (C=O) groups is 1. The Balaban J connectivity index is 1.63. The topological polar surface area (TPSA) is 93.8 Å². The second-order valence-electron chi connectivity index (χ2n) is 5.96. The van der Waals surface area contributed by atoms with Crippen molar-refractivity contribution in [1.29, 1.82) is 0 Å². The van der Waals surface area contributed by atoms with Crippen molar-refractivity contribution in [3.63, 3.8) is 0 Å². The van der Waals surface area contributed by atoms with Gasteiger partial charge in [0.05, 0.1) is 16.7 Å². The fourth-order valence-electron chi connectivity index (χ4n) is 2.43. The molecule has 0 fully saturated rings. The quantitative estimate of drug-likeness (QED) is 0.351. The molecule has 0 atom stereocenters. The van der Waals surface area contributed by atoms with Crippen LogP contribution in [0.5, 0.6) is 5.75 Å². The zero-order valence-corrected chi connectivity index (χ0v) is 15.9. The van der Waals surface area contributed by atoms with Crippen molar-refractivity contribution in [1.82, 2.24) is 5.43 Å². The van der Waals surface area contributed by atoms with E-state index in [9.17, 15) is 14.9 Å². The molecule has 0 aliphatic carbocycles. The summed E-state index contributed by atoms with van der Waals surface area (Å²) in [5.74, 6) is -0.0136. The van der Waals surface area contributed by atoms with Crippen LogP contribution in [0, 0.1) is 10.1 Å². The van der Waals surface area contributed by atoms with Crippen LogP contribution in [0.2, 0.25) is 5.02 Å². The highest BCUT2D eigenvalue weighted by Crippen LogP contribution is 2.20. The molecule has 1 amide bonds. The van der Waals surface area contributed by atoms with Crippen molar-refractivity contribution in [3.05, 3.63) is 105 Å². The van der Waals surface area contributed by atoms with Gasteiger partial charge in [0.15, 0.2) is 0 Å². The Morgan fingerprint density at radius 3 is 2.45 bits per heavy atom. The van der Waals surface area contributed by atoms with Gasteiger partial charge >= 0.3 is 0 Å². The van der Waals surface area contributed by atoms with Crippen LogP contribution in [0.15, 0.2) is 77.9 Å². The number of nitro groups is 1. The van der Waals surface area contributed by atoms with Crippen LogP contribution in [0.4, 0.5) is 5.69 Å². The van der Waals surface area contributed by atoms with Gasteiger partial charge in [0, 0.05) is 17.2 Å². The maximum Gasteiger partial charge on any atom is 0.275 e. The summed E-state index contributed by atoms with van der Waals surface area (Å²) < 4.78 is 5.76. The number of non-ortho nitro benzene ring substituents is 1. The summed E-state index contributed by atoms with van der Waals surface area (Å²) >= 11 is 5.87. The Bertz CT molecular complexity index is 1030. The van der Waals surface area contributed by atoms with Crippen LogP contribution in [-0.2, 0) is 6.61 Å². The van der Waals surface area contributed by atoms with Crippen molar-refractivity contribution >= 4 is 29.4 Å². The number of hydrogen-bond donors (Lipinski definition) is 1. The molecule has 29 heavy (non-hydrogen) atoms. The van der Waals surface area contributed by atoms with E-state index in [1.807, 2.05) is 12.1 Å². The predicted molar refractivity (Wildman–Crippen MR) is 110 cm³/mol. The van der Waals surface area contributed by atoms with Gasteiger partial charge in [0.1, 0.15) is 12.4 Å². The third-order valence-electron chi connectivity index (χ3n) is 3.92. The fraction of sp³-hybridized carbons (Fsp3) is 0.0476. The third kappa shape index (κ3) is 5.63. The molecular weight excluding hydrogens is 394 g/mol. The molecule has 7 nitrogen and oxygen atoms in total. The summed E-state index contributed by atoms with van der Waals surface area (Å²) in [6.45, 7) is 0.285. The van der Waals surface area contributed by atoms with Gasteiger partial charge in [0.2, 0.25) is 0 Å². The molecule has 0 bridgehead atoms. The van der Waals surface area contributed by atoms with E-state index in [0.29, 0.717) is 21.9 Å². The minimum absolute atomic E-state index is 0.0158. The summed E-state index contributed by atoms with van der Waals surface area (Å²) in [4.78, 5) is 22.6. The van der Waals surface area contributed by atoms with Gasteiger partial charge in [-0.05, 0) is 47.5 Å².